The number of ether oxygens (including phenoxy) is 2. The van der Waals surface area contributed by atoms with Crippen molar-refractivity contribution in [2.75, 3.05) is 25.8 Å². The van der Waals surface area contributed by atoms with Crippen LogP contribution in [0.2, 0.25) is 0 Å². The minimum absolute atomic E-state index is 0.467. The van der Waals surface area contributed by atoms with Crippen molar-refractivity contribution in [1.29, 1.82) is 5.26 Å². The van der Waals surface area contributed by atoms with Crippen LogP contribution in [0.4, 0.5) is 11.4 Å². The third kappa shape index (κ3) is 3.32. The molecule has 0 spiro atoms. The minimum atomic E-state index is 0.467. The first-order valence-electron chi connectivity index (χ1n) is 7.56. The van der Waals surface area contributed by atoms with E-state index < -0.39 is 0 Å². The topological polar surface area (TPSA) is 67.2 Å². The Labute approximate surface area is 150 Å². The van der Waals surface area contributed by atoms with E-state index in [4.69, 9.17) is 9.47 Å². The number of aromatic nitrogens is 1. The highest BCUT2D eigenvalue weighted by Crippen LogP contribution is 2.37. The molecular formula is C19H17N3O2S. The Bertz CT molecular complexity index is 967. The molecule has 0 aliphatic heterocycles. The summed E-state index contributed by atoms with van der Waals surface area (Å²) in [6.45, 7) is 0. The molecule has 5 nitrogen and oxygen atoms in total. The van der Waals surface area contributed by atoms with Crippen LogP contribution in [0.15, 0.2) is 47.5 Å². The average Bonchev–Trinajstić information content (AvgIpc) is 2.67. The summed E-state index contributed by atoms with van der Waals surface area (Å²) in [7, 11) is 3.17. The van der Waals surface area contributed by atoms with Crippen LogP contribution in [-0.2, 0) is 0 Å². The van der Waals surface area contributed by atoms with E-state index >= 15 is 0 Å². The van der Waals surface area contributed by atoms with Crippen LogP contribution in [-0.4, -0.2) is 25.5 Å². The van der Waals surface area contributed by atoms with Gasteiger partial charge in [0.1, 0.15) is 6.07 Å². The van der Waals surface area contributed by atoms with Crippen molar-refractivity contribution in [2.45, 2.75) is 4.90 Å². The second kappa shape index (κ2) is 7.32. The predicted molar refractivity (Wildman–Crippen MR) is 101 cm³/mol. The average molecular weight is 351 g/mol. The molecular weight excluding hydrogens is 334 g/mol. The van der Waals surface area contributed by atoms with Gasteiger partial charge in [0.15, 0.2) is 11.5 Å². The van der Waals surface area contributed by atoms with Gasteiger partial charge in [-0.25, -0.2) is 0 Å². The van der Waals surface area contributed by atoms with Gasteiger partial charge >= 0.3 is 0 Å². The summed E-state index contributed by atoms with van der Waals surface area (Å²) < 4.78 is 10.7. The smallest absolute Gasteiger partial charge is 0.162 e. The number of hydrogen-bond acceptors (Lipinski definition) is 6. The molecule has 0 unspecified atom stereocenters. The SMILES string of the molecule is COc1cc2ncc(C#N)c(Nc3cccc(SC)c3)c2cc1OC. The quantitative estimate of drug-likeness (QED) is 0.678. The van der Waals surface area contributed by atoms with E-state index in [0.717, 1.165) is 21.5 Å². The summed E-state index contributed by atoms with van der Waals surface area (Å²) in [5.74, 6) is 1.19. The molecule has 0 bridgehead atoms. The van der Waals surface area contributed by atoms with E-state index in [0.29, 0.717) is 22.7 Å². The fraction of sp³-hybridized carbons (Fsp3) is 0.158. The summed E-state index contributed by atoms with van der Waals surface area (Å²) in [4.78, 5) is 5.51. The number of fused-ring (bicyclic) bond motifs is 1. The van der Waals surface area contributed by atoms with Crippen LogP contribution in [0.1, 0.15) is 5.56 Å². The Hall–Kier alpha value is -2.91. The van der Waals surface area contributed by atoms with Crippen LogP contribution in [0.3, 0.4) is 0 Å². The standard InChI is InChI=1S/C19H17N3O2S/c1-23-17-8-15-16(9-18(17)24-2)21-11-12(10-20)19(15)22-13-5-4-6-14(7-13)25-3/h4-9,11H,1-3H3,(H,21,22). The molecule has 1 heterocycles. The first-order chi connectivity index (χ1) is 12.2. The molecule has 1 aromatic heterocycles. The molecule has 0 radical (unpaired) electrons. The zero-order chi connectivity index (χ0) is 17.8. The maximum absolute atomic E-state index is 9.49. The summed E-state index contributed by atoms with van der Waals surface area (Å²) in [6, 6.07) is 13.9. The van der Waals surface area contributed by atoms with Gasteiger partial charge in [-0.2, -0.15) is 5.26 Å². The molecule has 2 aromatic carbocycles. The molecule has 0 fully saturated rings. The van der Waals surface area contributed by atoms with Gasteiger partial charge in [-0.1, -0.05) is 6.07 Å². The normalized spacial score (nSPS) is 10.3. The van der Waals surface area contributed by atoms with Crippen molar-refractivity contribution in [3.63, 3.8) is 0 Å². The van der Waals surface area contributed by atoms with Gasteiger partial charge in [-0.3, -0.25) is 4.98 Å². The van der Waals surface area contributed by atoms with E-state index in [2.05, 4.69) is 16.4 Å². The van der Waals surface area contributed by atoms with E-state index in [1.807, 2.05) is 36.6 Å². The number of pyridine rings is 1. The Morgan fingerprint density at radius 1 is 1.12 bits per heavy atom. The lowest BCUT2D eigenvalue weighted by Crippen LogP contribution is -1.98. The molecule has 126 valence electrons. The number of rotatable bonds is 5. The number of benzene rings is 2. The number of anilines is 2. The molecule has 0 saturated carbocycles. The Morgan fingerprint density at radius 2 is 1.88 bits per heavy atom. The number of hydrogen-bond donors (Lipinski definition) is 1. The van der Waals surface area contributed by atoms with Crippen molar-refractivity contribution in [3.8, 4) is 17.6 Å². The Kier molecular flexibility index (Phi) is 4.96. The summed E-state index contributed by atoms with van der Waals surface area (Å²) in [6.07, 6.45) is 3.59. The largest absolute Gasteiger partial charge is 0.493 e. The zero-order valence-electron chi connectivity index (χ0n) is 14.2. The number of nitrogens with one attached hydrogen (secondary N) is 1. The van der Waals surface area contributed by atoms with Crippen molar-refractivity contribution in [3.05, 3.63) is 48.2 Å². The molecule has 1 N–H and O–H groups in total. The van der Waals surface area contributed by atoms with E-state index in [-0.39, 0.29) is 0 Å². The second-order valence-electron chi connectivity index (χ2n) is 5.24. The first-order valence-corrected chi connectivity index (χ1v) is 8.78. The molecule has 3 aromatic rings. The molecule has 6 heteroatoms. The fourth-order valence-electron chi connectivity index (χ4n) is 2.58. The van der Waals surface area contributed by atoms with Crippen LogP contribution >= 0.6 is 11.8 Å². The molecule has 0 saturated heterocycles. The molecule has 0 aliphatic rings. The van der Waals surface area contributed by atoms with Crippen LogP contribution in [0.25, 0.3) is 10.9 Å². The maximum atomic E-state index is 9.49. The lowest BCUT2D eigenvalue weighted by molar-refractivity contribution is 0.356. The van der Waals surface area contributed by atoms with E-state index in [9.17, 15) is 5.26 Å². The second-order valence-corrected chi connectivity index (χ2v) is 6.12. The maximum Gasteiger partial charge on any atom is 0.162 e. The Balaban J connectivity index is 2.18. The van der Waals surface area contributed by atoms with Gasteiger partial charge in [-0.05, 0) is 30.5 Å². The van der Waals surface area contributed by atoms with Crippen LogP contribution < -0.4 is 14.8 Å². The summed E-state index contributed by atoms with van der Waals surface area (Å²) in [5, 5.41) is 13.6. The predicted octanol–water partition coefficient (Wildman–Crippen LogP) is 4.59. The summed E-state index contributed by atoms with van der Waals surface area (Å²) >= 11 is 1.66. The molecule has 0 atom stereocenters. The van der Waals surface area contributed by atoms with Gasteiger partial charge < -0.3 is 14.8 Å². The zero-order valence-corrected chi connectivity index (χ0v) is 15.0. The van der Waals surface area contributed by atoms with Crippen LogP contribution in [0, 0.1) is 11.3 Å². The fourth-order valence-corrected chi connectivity index (χ4v) is 3.04. The molecule has 0 amide bonds. The Morgan fingerprint density at radius 3 is 2.56 bits per heavy atom. The lowest BCUT2D eigenvalue weighted by atomic mass is 10.1. The van der Waals surface area contributed by atoms with E-state index in [1.165, 1.54) is 0 Å². The number of methoxy groups -OCH3 is 2. The van der Waals surface area contributed by atoms with Gasteiger partial charge in [0.25, 0.3) is 0 Å². The van der Waals surface area contributed by atoms with Crippen molar-refractivity contribution in [2.24, 2.45) is 0 Å². The third-order valence-electron chi connectivity index (χ3n) is 3.83. The third-order valence-corrected chi connectivity index (χ3v) is 4.56. The van der Waals surface area contributed by atoms with Crippen molar-refractivity contribution < 1.29 is 9.47 Å². The lowest BCUT2D eigenvalue weighted by Gasteiger charge is -2.14. The highest BCUT2D eigenvalue weighted by Gasteiger charge is 2.14. The van der Waals surface area contributed by atoms with Gasteiger partial charge in [0.2, 0.25) is 0 Å². The number of thioether (sulfide) groups is 1. The van der Waals surface area contributed by atoms with Gasteiger partial charge in [-0.15, -0.1) is 11.8 Å². The monoisotopic (exact) mass is 351 g/mol. The highest BCUT2D eigenvalue weighted by molar-refractivity contribution is 7.98. The minimum Gasteiger partial charge on any atom is -0.493 e. The van der Waals surface area contributed by atoms with Gasteiger partial charge in [0.05, 0.1) is 31.0 Å². The molecule has 0 aliphatic carbocycles. The first kappa shape index (κ1) is 16.9. The summed E-state index contributed by atoms with van der Waals surface area (Å²) in [5.41, 5.74) is 2.80. The van der Waals surface area contributed by atoms with Crippen molar-refractivity contribution in [1.82, 2.24) is 4.98 Å². The van der Waals surface area contributed by atoms with E-state index in [1.54, 1.807) is 38.2 Å². The van der Waals surface area contributed by atoms with Crippen LogP contribution in [0.5, 0.6) is 11.5 Å². The molecule has 25 heavy (non-hydrogen) atoms. The van der Waals surface area contributed by atoms with Gasteiger partial charge in [0, 0.05) is 28.2 Å². The highest BCUT2D eigenvalue weighted by atomic mass is 32.2. The molecule has 3 rings (SSSR count). The number of nitriles is 1. The number of nitrogens with zero attached hydrogens (tertiary/aromatic N) is 2. The van der Waals surface area contributed by atoms with Crippen molar-refractivity contribution >= 4 is 34.0 Å².